The molecule has 5 nitrogen and oxygen atoms in total. The van der Waals surface area contributed by atoms with Crippen molar-refractivity contribution in [1.82, 2.24) is 9.78 Å². The third-order valence-electron chi connectivity index (χ3n) is 3.01. The van der Waals surface area contributed by atoms with Crippen LogP contribution in [0.15, 0.2) is 0 Å². The van der Waals surface area contributed by atoms with Crippen molar-refractivity contribution in [3.05, 3.63) is 17.0 Å². The number of nitrogens with zero attached hydrogens (tertiary/aromatic N) is 2. The van der Waals surface area contributed by atoms with Crippen molar-refractivity contribution < 1.29 is 14.3 Å². The number of rotatable bonds is 0. The summed E-state index contributed by atoms with van der Waals surface area (Å²) in [7, 11) is 1.78. The van der Waals surface area contributed by atoms with E-state index in [4.69, 9.17) is 9.47 Å². The molecule has 0 saturated carbocycles. The highest BCUT2D eigenvalue weighted by Crippen LogP contribution is 2.44. The largest absolute Gasteiger partial charge is 0.343 e. The Morgan fingerprint density at radius 3 is 2.73 bits per heavy atom. The molecule has 1 aromatic heterocycles. The normalized spacial score (nSPS) is 22.7. The average molecular weight is 208 g/mol. The highest BCUT2D eigenvalue weighted by molar-refractivity contribution is 6.00. The van der Waals surface area contributed by atoms with Gasteiger partial charge in [-0.3, -0.25) is 9.48 Å². The Morgan fingerprint density at radius 1 is 1.40 bits per heavy atom. The van der Waals surface area contributed by atoms with E-state index in [1.54, 1.807) is 11.7 Å². The van der Waals surface area contributed by atoms with E-state index < -0.39 is 5.79 Å². The van der Waals surface area contributed by atoms with E-state index in [-0.39, 0.29) is 12.2 Å². The highest BCUT2D eigenvalue weighted by atomic mass is 16.7. The van der Waals surface area contributed by atoms with Gasteiger partial charge in [-0.1, -0.05) is 0 Å². The van der Waals surface area contributed by atoms with Crippen molar-refractivity contribution in [3.63, 3.8) is 0 Å². The van der Waals surface area contributed by atoms with Crippen LogP contribution in [-0.2, 0) is 22.3 Å². The zero-order valence-corrected chi connectivity index (χ0v) is 8.74. The Balaban J connectivity index is 2.24. The van der Waals surface area contributed by atoms with E-state index in [0.29, 0.717) is 18.9 Å². The molecular weight excluding hydrogens is 196 g/mol. The fourth-order valence-electron chi connectivity index (χ4n) is 2.52. The standard InChI is InChI=1S/C10H12N2O3/c1-6-8-9(12(2)11-6)7(13)5-10(8)14-3-4-15-10/h3-5H2,1-2H3. The molecule has 1 fully saturated rings. The molecule has 0 atom stereocenters. The average Bonchev–Trinajstić information content (AvgIpc) is 2.78. The summed E-state index contributed by atoms with van der Waals surface area (Å²) in [6, 6.07) is 0. The quantitative estimate of drug-likeness (QED) is 0.623. The van der Waals surface area contributed by atoms with Crippen molar-refractivity contribution in [3.8, 4) is 0 Å². The van der Waals surface area contributed by atoms with Crippen LogP contribution in [0, 0.1) is 6.92 Å². The third kappa shape index (κ3) is 0.992. The van der Waals surface area contributed by atoms with Gasteiger partial charge in [-0.15, -0.1) is 0 Å². The Morgan fingerprint density at radius 2 is 2.07 bits per heavy atom. The minimum Gasteiger partial charge on any atom is -0.343 e. The molecular formula is C10H12N2O3. The Bertz CT molecular complexity index is 444. The van der Waals surface area contributed by atoms with Crippen LogP contribution in [0.4, 0.5) is 0 Å². The molecule has 3 rings (SSSR count). The summed E-state index contributed by atoms with van der Waals surface area (Å²) in [6.07, 6.45) is 0.287. The topological polar surface area (TPSA) is 53.4 Å². The number of hydrogen-bond acceptors (Lipinski definition) is 4. The van der Waals surface area contributed by atoms with Gasteiger partial charge in [0.15, 0.2) is 5.78 Å². The van der Waals surface area contributed by atoms with Crippen LogP contribution in [0.1, 0.15) is 28.2 Å². The van der Waals surface area contributed by atoms with Crippen LogP contribution in [0.2, 0.25) is 0 Å². The molecule has 2 heterocycles. The molecule has 0 N–H and O–H groups in total. The first-order valence-electron chi connectivity index (χ1n) is 4.99. The maximum atomic E-state index is 11.8. The number of aromatic nitrogens is 2. The van der Waals surface area contributed by atoms with Gasteiger partial charge in [-0.25, -0.2) is 0 Å². The van der Waals surface area contributed by atoms with E-state index in [9.17, 15) is 4.79 Å². The fourth-order valence-corrected chi connectivity index (χ4v) is 2.52. The Hall–Kier alpha value is -1.20. The van der Waals surface area contributed by atoms with Crippen molar-refractivity contribution in [2.24, 2.45) is 7.05 Å². The minimum absolute atomic E-state index is 0.0509. The van der Waals surface area contributed by atoms with Crippen LogP contribution in [-0.4, -0.2) is 28.8 Å². The zero-order chi connectivity index (χ0) is 10.6. The number of ketones is 1. The van der Waals surface area contributed by atoms with Gasteiger partial charge in [-0.05, 0) is 6.92 Å². The lowest BCUT2D eigenvalue weighted by atomic mass is 10.1. The van der Waals surface area contributed by atoms with Gasteiger partial charge in [0.05, 0.1) is 30.9 Å². The number of carbonyl (C=O) groups is 1. The molecule has 1 aliphatic heterocycles. The number of hydrogen-bond donors (Lipinski definition) is 0. The number of ether oxygens (including phenoxy) is 2. The summed E-state index contributed by atoms with van der Waals surface area (Å²) >= 11 is 0. The molecule has 0 unspecified atom stereocenters. The molecule has 5 heteroatoms. The summed E-state index contributed by atoms with van der Waals surface area (Å²) in [4.78, 5) is 11.8. The molecule has 15 heavy (non-hydrogen) atoms. The molecule has 1 aliphatic carbocycles. The molecule has 0 amide bonds. The molecule has 1 aromatic rings. The van der Waals surface area contributed by atoms with E-state index in [2.05, 4.69) is 5.10 Å². The molecule has 1 spiro atoms. The number of carbonyl (C=O) groups excluding carboxylic acids is 1. The number of fused-ring (bicyclic) bond motifs is 2. The second-order valence-electron chi connectivity index (χ2n) is 3.98. The van der Waals surface area contributed by atoms with Gasteiger partial charge in [0, 0.05) is 7.05 Å². The monoisotopic (exact) mass is 208 g/mol. The van der Waals surface area contributed by atoms with Gasteiger partial charge < -0.3 is 9.47 Å². The van der Waals surface area contributed by atoms with Gasteiger partial charge >= 0.3 is 0 Å². The lowest BCUT2D eigenvalue weighted by Crippen LogP contribution is -2.24. The van der Waals surface area contributed by atoms with Crippen LogP contribution in [0.5, 0.6) is 0 Å². The SMILES string of the molecule is Cc1nn(C)c2c1C1(CC2=O)OCCO1. The smallest absolute Gasteiger partial charge is 0.206 e. The van der Waals surface area contributed by atoms with E-state index in [0.717, 1.165) is 11.3 Å². The predicted molar refractivity (Wildman–Crippen MR) is 50.5 cm³/mol. The van der Waals surface area contributed by atoms with Crippen molar-refractivity contribution in [2.45, 2.75) is 19.1 Å². The molecule has 0 bridgehead atoms. The number of Topliss-reactive ketones (excluding diaryl/α,β-unsaturated/α-hetero) is 1. The first-order chi connectivity index (χ1) is 7.14. The minimum atomic E-state index is -0.829. The second kappa shape index (κ2) is 2.68. The second-order valence-corrected chi connectivity index (χ2v) is 3.98. The molecule has 80 valence electrons. The third-order valence-corrected chi connectivity index (χ3v) is 3.01. The first kappa shape index (κ1) is 9.06. The van der Waals surface area contributed by atoms with Crippen LogP contribution >= 0.6 is 0 Å². The first-order valence-corrected chi connectivity index (χ1v) is 4.99. The molecule has 1 saturated heterocycles. The lowest BCUT2D eigenvalue weighted by Gasteiger charge is -2.20. The van der Waals surface area contributed by atoms with Gasteiger partial charge in [0.1, 0.15) is 5.69 Å². The van der Waals surface area contributed by atoms with Crippen LogP contribution in [0.25, 0.3) is 0 Å². The highest BCUT2D eigenvalue weighted by Gasteiger charge is 2.51. The van der Waals surface area contributed by atoms with Crippen LogP contribution < -0.4 is 0 Å². The maximum Gasteiger partial charge on any atom is 0.206 e. The summed E-state index contributed by atoms with van der Waals surface area (Å²) in [6.45, 7) is 2.96. The summed E-state index contributed by atoms with van der Waals surface area (Å²) < 4.78 is 12.8. The van der Waals surface area contributed by atoms with Crippen molar-refractivity contribution in [2.75, 3.05) is 13.2 Å². The predicted octanol–water partition coefficient (Wildman–Crippen LogP) is 0.515. The molecule has 0 aromatic carbocycles. The van der Waals surface area contributed by atoms with Crippen LogP contribution in [0.3, 0.4) is 0 Å². The van der Waals surface area contributed by atoms with Gasteiger partial charge in [0.25, 0.3) is 0 Å². The van der Waals surface area contributed by atoms with E-state index in [1.165, 1.54) is 0 Å². The molecule has 2 aliphatic rings. The molecule has 0 radical (unpaired) electrons. The number of aryl methyl sites for hydroxylation is 2. The van der Waals surface area contributed by atoms with Gasteiger partial charge in [-0.2, -0.15) is 5.10 Å². The van der Waals surface area contributed by atoms with Crippen molar-refractivity contribution >= 4 is 5.78 Å². The Kier molecular flexibility index (Phi) is 1.62. The van der Waals surface area contributed by atoms with Gasteiger partial charge in [0.2, 0.25) is 5.79 Å². The zero-order valence-electron chi connectivity index (χ0n) is 8.74. The van der Waals surface area contributed by atoms with Crippen molar-refractivity contribution in [1.29, 1.82) is 0 Å². The summed E-state index contributed by atoms with van der Waals surface area (Å²) in [5.41, 5.74) is 2.28. The summed E-state index contributed by atoms with van der Waals surface area (Å²) in [5, 5.41) is 4.24. The fraction of sp³-hybridized carbons (Fsp3) is 0.600. The lowest BCUT2D eigenvalue weighted by molar-refractivity contribution is -0.158. The summed E-state index contributed by atoms with van der Waals surface area (Å²) in [5.74, 6) is -0.778. The Labute approximate surface area is 87.0 Å². The van der Waals surface area contributed by atoms with E-state index >= 15 is 0 Å². The van der Waals surface area contributed by atoms with E-state index in [1.807, 2.05) is 6.92 Å². The maximum absolute atomic E-state index is 11.8.